The predicted octanol–water partition coefficient (Wildman–Crippen LogP) is 3.50. The average molecular weight is 393 g/mol. The minimum Gasteiger partial charge on any atom is -0.497 e. The maximum Gasteiger partial charge on any atom is 0.360 e. The number of hydrogen-bond acceptors (Lipinski definition) is 6. The lowest BCUT2D eigenvalue weighted by atomic mass is 10.2. The van der Waals surface area contributed by atoms with Crippen LogP contribution in [0.2, 0.25) is 5.15 Å². The first-order chi connectivity index (χ1) is 13.1. The molecule has 2 heterocycles. The third-order valence-corrected chi connectivity index (χ3v) is 4.11. The lowest BCUT2D eigenvalue weighted by Crippen LogP contribution is -2.24. The van der Waals surface area contributed by atoms with Gasteiger partial charge in [0.15, 0.2) is 18.1 Å². The number of hydrogen-bond donors (Lipinski definition) is 0. The molecule has 0 saturated carbocycles. The van der Waals surface area contributed by atoms with Crippen molar-refractivity contribution in [3.8, 4) is 5.75 Å². The molecule has 0 radical (unpaired) electrons. The lowest BCUT2D eigenvalue weighted by molar-refractivity contribution is 0.0522. The molecule has 2 aromatic heterocycles. The van der Waals surface area contributed by atoms with E-state index < -0.39 is 12.8 Å². The van der Waals surface area contributed by atoms with Gasteiger partial charge in [-0.1, -0.05) is 23.7 Å². The Morgan fingerprint density at radius 1 is 1.33 bits per heavy atom. The largest absolute Gasteiger partial charge is 0.497 e. The van der Waals surface area contributed by atoms with E-state index >= 15 is 0 Å². The van der Waals surface area contributed by atoms with Gasteiger partial charge in [0.2, 0.25) is 0 Å². The van der Waals surface area contributed by atoms with Gasteiger partial charge in [-0.2, -0.15) is 0 Å². The Morgan fingerprint density at radius 3 is 2.70 bits per heavy atom. The summed E-state index contributed by atoms with van der Waals surface area (Å²) in [5.74, 6) is 0.530. The second-order valence-electron chi connectivity index (χ2n) is 5.61. The number of carbonyl (C=O) groups is 1. The molecule has 0 saturated heterocycles. The average Bonchev–Trinajstić information content (AvgIpc) is 3.10. The first-order valence-electron chi connectivity index (χ1n) is 8.22. The zero-order chi connectivity index (χ0) is 19.4. The van der Waals surface area contributed by atoms with Gasteiger partial charge in [-0.05, 0) is 24.6 Å². The van der Waals surface area contributed by atoms with E-state index in [0.29, 0.717) is 11.6 Å². The quantitative estimate of drug-likeness (QED) is 0.348. The van der Waals surface area contributed by atoms with E-state index in [9.17, 15) is 9.18 Å². The van der Waals surface area contributed by atoms with Crippen molar-refractivity contribution in [1.29, 1.82) is 0 Å². The molecule has 3 aromatic rings. The van der Waals surface area contributed by atoms with Crippen LogP contribution in [0, 0.1) is 0 Å². The number of rotatable bonds is 7. The topological polar surface area (TPSA) is 69.0 Å². The van der Waals surface area contributed by atoms with E-state index in [2.05, 4.69) is 9.97 Å². The van der Waals surface area contributed by atoms with E-state index in [4.69, 9.17) is 21.1 Å². The Kier molecular flexibility index (Phi) is 5.75. The number of esters is 1. The first-order valence-corrected chi connectivity index (χ1v) is 8.59. The molecule has 1 aromatic carbocycles. The van der Waals surface area contributed by atoms with Crippen LogP contribution in [-0.2, 0) is 11.3 Å². The van der Waals surface area contributed by atoms with Crippen molar-refractivity contribution < 1.29 is 18.7 Å². The van der Waals surface area contributed by atoms with Crippen LogP contribution in [0.15, 0.2) is 36.7 Å². The molecule has 0 unspecified atom stereocenters. The van der Waals surface area contributed by atoms with Crippen molar-refractivity contribution in [2.24, 2.45) is 0 Å². The van der Waals surface area contributed by atoms with Gasteiger partial charge in [0.05, 0.1) is 13.7 Å². The Labute approximate surface area is 160 Å². The van der Waals surface area contributed by atoms with Crippen LogP contribution in [0.3, 0.4) is 0 Å². The zero-order valence-electron chi connectivity index (χ0n) is 14.9. The van der Waals surface area contributed by atoms with Crippen molar-refractivity contribution in [3.63, 3.8) is 0 Å². The Balaban J connectivity index is 1.98. The molecule has 9 heteroatoms. The summed E-state index contributed by atoms with van der Waals surface area (Å²) in [7, 11) is 1.58. The lowest BCUT2D eigenvalue weighted by Gasteiger charge is -2.22. The number of halogens is 2. The standard InChI is InChI=1S/C18H18ClFN4O3/c1-3-27-18(25)16-17-22-14(19)8-15(24(17)11-21-16)23(10-20)9-12-4-6-13(26-2)7-5-12/h4-8,11H,3,9-10H2,1-2H3. The van der Waals surface area contributed by atoms with Gasteiger partial charge in [-0.25, -0.2) is 19.2 Å². The Hall–Kier alpha value is -2.87. The Bertz CT molecular complexity index is 946. The van der Waals surface area contributed by atoms with E-state index in [1.807, 2.05) is 12.1 Å². The van der Waals surface area contributed by atoms with Crippen molar-refractivity contribution in [3.05, 3.63) is 53.1 Å². The van der Waals surface area contributed by atoms with Crippen LogP contribution in [0.5, 0.6) is 5.75 Å². The molecule has 0 spiro atoms. The van der Waals surface area contributed by atoms with Crippen LogP contribution < -0.4 is 9.64 Å². The summed E-state index contributed by atoms with van der Waals surface area (Å²) in [6.45, 7) is 1.41. The second kappa shape index (κ2) is 8.22. The molecule has 0 bridgehead atoms. The van der Waals surface area contributed by atoms with Crippen LogP contribution in [0.1, 0.15) is 23.0 Å². The van der Waals surface area contributed by atoms with Gasteiger partial charge in [-0.15, -0.1) is 0 Å². The van der Waals surface area contributed by atoms with Crippen LogP contribution in [0.4, 0.5) is 10.2 Å². The molecule has 0 aliphatic heterocycles. The van der Waals surface area contributed by atoms with Crippen LogP contribution >= 0.6 is 11.6 Å². The van der Waals surface area contributed by atoms with Crippen molar-refractivity contribution >= 4 is 29.0 Å². The predicted molar refractivity (Wildman–Crippen MR) is 99.1 cm³/mol. The van der Waals surface area contributed by atoms with E-state index in [-0.39, 0.29) is 29.6 Å². The van der Waals surface area contributed by atoms with E-state index in [1.54, 1.807) is 26.2 Å². The molecular formula is C18H18ClFN4O3. The summed E-state index contributed by atoms with van der Waals surface area (Å²) in [5.41, 5.74) is 1.12. The fraction of sp³-hybridized carbons (Fsp3) is 0.278. The van der Waals surface area contributed by atoms with Gasteiger partial charge in [0.25, 0.3) is 0 Å². The maximum absolute atomic E-state index is 13.8. The highest BCUT2D eigenvalue weighted by Gasteiger charge is 2.20. The van der Waals surface area contributed by atoms with Gasteiger partial charge in [0, 0.05) is 12.6 Å². The number of nitrogens with zero attached hydrogens (tertiary/aromatic N) is 4. The summed E-state index contributed by atoms with van der Waals surface area (Å²) < 4.78 is 25.5. The van der Waals surface area contributed by atoms with E-state index in [1.165, 1.54) is 21.7 Å². The molecule has 0 aliphatic rings. The van der Waals surface area contributed by atoms with Gasteiger partial charge < -0.3 is 14.4 Å². The monoisotopic (exact) mass is 392 g/mol. The third kappa shape index (κ3) is 3.95. The molecule has 7 nitrogen and oxygen atoms in total. The fourth-order valence-electron chi connectivity index (χ4n) is 2.65. The number of carbonyl (C=O) groups excluding carboxylic acids is 1. The van der Waals surface area contributed by atoms with E-state index in [0.717, 1.165) is 5.56 Å². The molecule has 3 rings (SSSR count). The van der Waals surface area contributed by atoms with Crippen molar-refractivity contribution in [2.75, 3.05) is 25.4 Å². The highest BCUT2D eigenvalue weighted by Crippen LogP contribution is 2.25. The fourth-order valence-corrected chi connectivity index (χ4v) is 2.83. The van der Waals surface area contributed by atoms with Crippen molar-refractivity contribution in [1.82, 2.24) is 14.4 Å². The first kappa shape index (κ1) is 18.9. The molecule has 27 heavy (non-hydrogen) atoms. The number of fused-ring (bicyclic) bond motifs is 1. The van der Waals surface area contributed by atoms with Gasteiger partial charge in [-0.3, -0.25) is 4.40 Å². The normalized spacial score (nSPS) is 10.8. The number of alkyl halides is 1. The number of aromatic nitrogens is 3. The highest BCUT2D eigenvalue weighted by molar-refractivity contribution is 6.29. The Morgan fingerprint density at radius 2 is 2.07 bits per heavy atom. The smallest absolute Gasteiger partial charge is 0.360 e. The van der Waals surface area contributed by atoms with Crippen LogP contribution in [-0.4, -0.2) is 40.9 Å². The summed E-state index contributed by atoms with van der Waals surface area (Å²) in [5, 5.41) is 0.122. The number of methoxy groups -OCH3 is 1. The van der Waals surface area contributed by atoms with Gasteiger partial charge >= 0.3 is 5.97 Å². The van der Waals surface area contributed by atoms with Gasteiger partial charge in [0.1, 0.15) is 23.0 Å². The summed E-state index contributed by atoms with van der Waals surface area (Å²) in [4.78, 5) is 21.7. The molecule has 0 atom stereocenters. The third-order valence-electron chi connectivity index (χ3n) is 3.92. The molecule has 142 valence electrons. The molecule has 0 amide bonds. The summed E-state index contributed by atoms with van der Waals surface area (Å²) >= 11 is 6.11. The maximum atomic E-state index is 13.8. The van der Waals surface area contributed by atoms with Crippen LogP contribution in [0.25, 0.3) is 5.65 Å². The molecular weight excluding hydrogens is 375 g/mol. The summed E-state index contributed by atoms with van der Waals surface area (Å²) in [6.07, 6.45) is 1.40. The number of imidazole rings is 1. The number of benzene rings is 1. The number of anilines is 1. The summed E-state index contributed by atoms with van der Waals surface area (Å²) in [6, 6.07) is 8.82. The van der Waals surface area contributed by atoms with Crippen molar-refractivity contribution in [2.45, 2.75) is 13.5 Å². The SMILES string of the molecule is CCOC(=O)c1ncn2c(N(CF)Cc3ccc(OC)cc3)cc(Cl)nc12. The second-order valence-corrected chi connectivity index (χ2v) is 6.00. The minimum absolute atomic E-state index is 0.0313. The molecule has 0 N–H and O–H groups in total. The highest BCUT2D eigenvalue weighted by atomic mass is 35.5. The number of ether oxygens (including phenoxy) is 2. The minimum atomic E-state index is -0.769. The zero-order valence-corrected chi connectivity index (χ0v) is 15.6. The molecule has 0 aliphatic carbocycles. The molecule has 0 fully saturated rings.